The van der Waals surface area contributed by atoms with E-state index in [9.17, 15) is 13.9 Å². The van der Waals surface area contributed by atoms with Gasteiger partial charge in [-0.1, -0.05) is 22.0 Å². The van der Waals surface area contributed by atoms with Crippen molar-refractivity contribution in [1.82, 2.24) is 0 Å². The predicted octanol–water partition coefficient (Wildman–Crippen LogP) is 2.42. The van der Waals surface area contributed by atoms with Crippen molar-refractivity contribution in [3.05, 3.63) is 28.2 Å². The number of hydrogen-bond donors (Lipinski definition) is 2. The van der Waals surface area contributed by atoms with Crippen LogP contribution in [0.5, 0.6) is 5.75 Å². The summed E-state index contributed by atoms with van der Waals surface area (Å²) in [5.74, 6) is -0.220. The lowest BCUT2D eigenvalue weighted by Crippen LogP contribution is -2.18. The van der Waals surface area contributed by atoms with Crippen molar-refractivity contribution in [2.45, 2.75) is 12.5 Å². The average Bonchev–Trinajstić information content (AvgIpc) is 2.03. The number of phenolic OH excluding ortho intramolecular Hbond substituents is 1. The quantitative estimate of drug-likeness (QED) is 0.848. The molecule has 0 aliphatic rings. The van der Waals surface area contributed by atoms with E-state index in [1.54, 1.807) is 6.07 Å². The highest BCUT2D eigenvalue weighted by Gasteiger charge is 2.20. The Hall–Kier alpha value is -0.680. The highest BCUT2D eigenvalue weighted by atomic mass is 79.9. The van der Waals surface area contributed by atoms with Crippen LogP contribution in [0.25, 0.3) is 0 Å². The Morgan fingerprint density at radius 3 is 2.46 bits per heavy atom. The van der Waals surface area contributed by atoms with Crippen LogP contribution in [-0.4, -0.2) is 11.5 Å². The number of hydrogen-bond acceptors (Lipinski definition) is 2. The van der Waals surface area contributed by atoms with Gasteiger partial charge in [0.15, 0.2) is 0 Å². The lowest BCUT2D eigenvalue weighted by Gasteiger charge is -2.12. The number of phenols is 1. The molecule has 0 spiro atoms. The Kier molecular flexibility index (Phi) is 3.22. The van der Waals surface area contributed by atoms with Crippen LogP contribution in [0.1, 0.15) is 11.6 Å². The average molecular weight is 252 g/mol. The van der Waals surface area contributed by atoms with Crippen molar-refractivity contribution in [3.8, 4) is 5.75 Å². The van der Waals surface area contributed by atoms with Crippen LogP contribution in [-0.2, 0) is 0 Å². The number of benzene rings is 1. The van der Waals surface area contributed by atoms with E-state index in [1.807, 2.05) is 0 Å². The van der Waals surface area contributed by atoms with E-state index in [2.05, 4.69) is 15.9 Å². The van der Waals surface area contributed by atoms with Crippen LogP contribution >= 0.6 is 15.9 Å². The Bertz CT molecular complexity index is 306. The minimum Gasteiger partial charge on any atom is -0.508 e. The molecule has 0 bridgehead atoms. The summed E-state index contributed by atoms with van der Waals surface area (Å²) >= 11 is 3.09. The first kappa shape index (κ1) is 10.4. The number of nitrogens with two attached hydrogens (primary N) is 1. The van der Waals surface area contributed by atoms with Crippen molar-refractivity contribution in [3.63, 3.8) is 0 Å². The van der Waals surface area contributed by atoms with Gasteiger partial charge in [0.05, 0.1) is 6.04 Å². The second kappa shape index (κ2) is 4.02. The second-order valence-electron chi connectivity index (χ2n) is 2.56. The molecule has 1 aromatic rings. The largest absolute Gasteiger partial charge is 0.508 e. The summed E-state index contributed by atoms with van der Waals surface area (Å²) in [5.41, 5.74) is 5.22. The smallest absolute Gasteiger partial charge is 0.257 e. The van der Waals surface area contributed by atoms with E-state index in [4.69, 9.17) is 5.73 Å². The van der Waals surface area contributed by atoms with Gasteiger partial charge in [0.2, 0.25) is 0 Å². The molecular weight excluding hydrogens is 244 g/mol. The second-order valence-corrected chi connectivity index (χ2v) is 3.48. The van der Waals surface area contributed by atoms with Gasteiger partial charge in [0, 0.05) is 10.0 Å². The van der Waals surface area contributed by atoms with Crippen LogP contribution in [0.4, 0.5) is 8.78 Å². The molecule has 1 aromatic carbocycles. The highest BCUT2D eigenvalue weighted by Crippen LogP contribution is 2.29. The molecule has 5 heteroatoms. The molecule has 0 saturated heterocycles. The van der Waals surface area contributed by atoms with Crippen molar-refractivity contribution in [2.24, 2.45) is 5.73 Å². The summed E-state index contributed by atoms with van der Waals surface area (Å²) < 4.78 is 24.9. The monoisotopic (exact) mass is 251 g/mol. The summed E-state index contributed by atoms with van der Waals surface area (Å²) in [6, 6.07) is 2.82. The van der Waals surface area contributed by atoms with Gasteiger partial charge in [0.1, 0.15) is 5.75 Å². The van der Waals surface area contributed by atoms with Gasteiger partial charge in [-0.05, 0) is 12.1 Å². The predicted molar refractivity (Wildman–Crippen MR) is 48.7 cm³/mol. The summed E-state index contributed by atoms with van der Waals surface area (Å²) in [6.07, 6.45) is -2.67. The molecule has 0 aliphatic heterocycles. The third kappa shape index (κ3) is 2.38. The van der Waals surface area contributed by atoms with Crippen molar-refractivity contribution in [2.75, 3.05) is 0 Å². The molecule has 0 amide bonds. The first-order valence-corrected chi connectivity index (χ1v) is 4.34. The zero-order valence-corrected chi connectivity index (χ0v) is 8.13. The van der Waals surface area contributed by atoms with Crippen LogP contribution in [0.15, 0.2) is 22.7 Å². The molecule has 2 nitrogen and oxygen atoms in total. The lowest BCUT2D eigenvalue weighted by atomic mass is 10.1. The van der Waals surface area contributed by atoms with Gasteiger partial charge in [-0.2, -0.15) is 0 Å². The summed E-state index contributed by atoms with van der Waals surface area (Å²) in [4.78, 5) is 0. The number of rotatable bonds is 2. The van der Waals surface area contributed by atoms with E-state index in [0.717, 1.165) is 0 Å². The molecule has 72 valence electrons. The topological polar surface area (TPSA) is 46.2 Å². The first-order valence-electron chi connectivity index (χ1n) is 3.54. The normalized spacial score (nSPS) is 13.3. The molecule has 3 N–H and O–H groups in total. The lowest BCUT2D eigenvalue weighted by molar-refractivity contribution is 0.115. The van der Waals surface area contributed by atoms with E-state index in [-0.39, 0.29) is 11.3 Å². The SMILES string of the molecule is NC(c1ccc(Br)cc1O)C(F)F. The minimum absolute atomic E-state index is 0.0539. The zero-order valence-electron chi connectivity index (χ0n) is 6.55. The number of alkyl halides is 2. The molecule has 0 radical (unpaired) electrons. The Morgan fingerprint density at radius 1 is 1.38 bits per heavy atom. The Labute approximate surface area is 82.5 Å². The number of aromatic hydroxyl groups is 1. The molecule has 1 rings (SSSR count). The third-order valence-corrected chi connectivity index (χ3v) is 2.12. The molecule has 0 heterocycles. The molecule has 1 unspecified atom stereocenters. The molecule has 13 heavy (non-hydrogen) atoms. The zero-order chi connectivity index (χ0) is 10.0. The molecule has 0 saturated carbocycles. The summed E-state index contributed by atoms with van der Waals surface area (Å²) in [6.45, 7) is 0. The summed E-state index contributed by atoms with van der Waals surface area (Å²) in [7, 11) is 0. The molecular formula is C8H8BrF2NO. The number of halogens is 3. The van der Waals surface area contributed by atoms with Crippen LogP contribution in [0, 0.1) is 0 Å². The van der Waals surface area contributed by atoms with Gasteiger partial charge in [-0.15, -0.1) is 0 Å². The minimum atomic E-state index is -2.67. The van der Waals surface area contributed by atoms with Crippen LogP contribution < -0.4 is 5.73 Å². The van der Waals surface area contributed by atoms with Crippen molar-refractivity contribution in [1.29, 1.82) is 0 Å². The highest BCUT2D eigenvalue weighted by molar-refractivity contribution is 9.10. The molecule has 0 aliphatic carbocycles. The maximum atomic E-state index is 12.1. The first-order chi connectivity index (χ1) is 6.02. The van der Waals surface area contributed by atoms with Crippen LogP contribution in [0.3, 0.4) is 0 Å². The van der Waals surface area contributed by atoms with Gasteiger partial charge in [-0.25, -0.2) is 8.78 Å². The van der Waals surface area contributed by atoms with Gasteiger partial charge in [0.25, 0.3) is 6.43 Å². The maximum Gasteiger partial charge on any atom is 0.257 e. The van der Waals surface area contributed by atoms with E-state index >= 15 is 0 Å². The van der Waals surface area contributed by atoms with Gasteiger partial charge in [-0.3, -0.25) is 0 Å². The standard InChI is InChI=1S/C8H8BrF2NO/c9-4-1-2-5(6(13)3-4)7(12)8(10)11/h1-3,7-8,13H,12H2. The van der Waals surface area contributed by atoms with Crippen LogP contribution in [0.2, 0.25) is 0 Å². The fourth-order valence-corrected chi connectivity index (χ4v) is 1.28. The van der Waals surface area contributed by atoms with Crippen molar-refractivity contribution >= 4 is 15.9 Å². The summed E-state index contributed by atoms with van der Waals surface area (Å²) in [5, 5.41) is 9.27. The van der Waals surface area contributed by atoms with Gasteiger partial charge >= 0.3 is 0 Å². The van der Waals surface area contributed by atoms with E-state index in [1.165, 1.54) is 12.1 Å². The molecule has 0 aromatic heterocycles. The molecule has 1 atom stereocenters. The fraction of sp³-hybridized carbons (Fsp3) is 0.250. The Balaban J connectivity index is 3.01. The molecule has 0 fully saturated rings. The maximum absolute atomic E-state index is 12.1. The Morgan fingerprint density at radius 2 is 2.00 bits per heavy atom. The van der Waals surface area contributed by atoms with Gasteiger partial charge < -0.3 is 10.8 Å². The fourth-order valence-electron chi connectivity index (χ4n) is 0.934. The van der Waals surface area contributed by atoms with Crippen molar-refractivity contribution < 1.29 is 13.9 Å². The third-order valence-electron chi connectivity index (χ3n) is 1.62. The van der Waals surface area contributed by atoms with E-state index < -0.39 is 12.5 Å². The van der Waals surface area contributed by atoms with E-state index in [0.29, 0.717) is 4.47 Å².